The normalized spacial score (nSPS) is 18.1. The van der Waals surface area contributed by atoms with Crippen LogP contribution < -0.4 is 21.3 Å². The van der Waals surface area contributed by atoms with E-state index < -0.39 is 11.4 Å². The number of hydrogen-bond acceptors (Lipinski definition) is 5. The van der Waals surface area contributed by atoms with E-state index in [0.717, 1.165) is 43.4 Å². The molecule has 1 aliphatic heterocycles. The Morgan fingerprint density at radius 3 is 2.69 bits per heavy atom. The number of aliphatic imine (C=N–C) groups is 1. The van der Waals surface area contributed by atoms with Crippen LogP contribution in [0.25, 0.3) is 0 Å². The Balaban J connectivity index is 1.50. The highest BCUT2D eigenvalue weighted by atomic mass is 35.5. The molecule has 1 aromatic carbocycles. The van der Waals surface area contributed by atoms with Crippen LogP contribution in [-0.2, 0) is 9.59 Å². The van der Waals surface area contributed by atoms with Gasteiger partial charge in [-0.05, 0) is 43.7 Å². The lowest BCUT2D eigenvalue weighted by molar-refractivity contribution is -0.128. The van der Waals surface area contributed by atoms with Crippen LogP contribution in [0, 0.1) is 18.3 Å². The van der Waals surface area contributed by atoms with Crippen LogP contribution in [0.5, 0.6) is 0 Å². The maximum absolute atomic E-state index is 12.8. The third-order valence-electron chi connectivity index (χ3n) is 5.94. The number of nitrogens with zero attached hydrogens (tertiary/aromatic N) is 2. The van der Waals surface area contributed by atoms with Crippen molar-refractivity contribution in [2.75, 3.05) is 24.5 Å². The van der Waals surface area contributed by atoms with Crippen molar-refractivity contribution < 1.29 is 9.59 Å². The first-order valence-corrected chi connectivity index (χ1v) is 11.0. The summed E-state index contributed by atoms with van der Waals surface area (Å²) in [5.41, 5.74) is 6.51. The van der Waals surface area contributed by atoms with Gasteiger partial charge in [0.2, 0.25) is 5.91 Å². The number of anilines is 1. The highest BCUT2D eigenvalue weighted by Gasteiger charge is 2.51. The molecule has 32 heavy (non-hydrogen) atoms. The van der Waals surface area contributed by atoms with Crippen LogP contribution in [0.1, 0.15) is 31.2 Å². The molecule has 1 aromatic rings. The smallest absolute Gasteiger partial charge is 0.255 e. The number of carbonyl (C=O) groups is 2. The molecule has 8 heteroatoms. The Morgan fingerprint density at radius 1 is 1.38 bits per heavy atom. The molecule has 7 nitrogen and oxygen atoms in total. The van der Waals surface area contributed by atoms with Gasteiger partial charge in [0.05, 0.1) is 21.8 Å². The molecule has 0 bridgehead atoms. The van der Waals surface area contributed by atoms with Crippen molar-refractivity contribution in [1.82, 2.24) is 10.6 Å². The van der Waals surface area contributed by atoms with Gasteiger partial charge in [-0.3, -0.25) is 14.6 Å². The largest absolute Gasteiger partial charge is 0.404 e. The molecule has 2 amide bonds. The monoisotopic (exact) mass is 453 g/mol. The number of terminal acetylenes is 1. The van der Waals surface area contributed by atoms with Gasteiger partial charge in [-0.15, -0.1) is 6.42 Å². The van der Waals surface area contributed by atoms with Crippen molar-refractivity contribution in [1.29, 1.82) is 0 Å². The first kappa shape index (κ1) is 23.4. The lowest BCUT2D eigenvalue weighted by Gasteiger charge is -2.34. The summed E-state index contributed by atoms with van der Waals surface area (Å²) in [5.74, 6) is 2.46. The Bertz CT molecular complexity index is 983. The van der Waals surface area contributed by atoms with Gasteiger partial charge >= 0.3 is 0 Å². The highest BCUT2D eigenvalue weighted by Crippen LogP contribution is 2.36. The molecule has 1 heterocycles. The Hall–Kier alpha value is -3.24. The van der Waals surface area contributed by atoms with E-state index in [4.69, 9.17) is 23.8 Å². The van der Waals surface area contributed by atoms with Crippen LogP contribution in [0.15, 0.2) is 47.7 Å². The zero-order valence-corrected chi connectivity index (χ0v) is 18.7. The van der Waals surface area contributed by atoms with E-state index in [1.807, 2.05) is 12.1 Å². The summed E-state index contributed by atoms with van der Waals surface area (Å²) in [6.07, 6.45) is 12.5. The number of nitrogens with two attached hydrogens (primary N) is 1. The molecule has 0 radical (unpaired) electrons. The topological polar surface area (TPSA) is 99.8 Å². The Labute approximate surface area is 193 Å². The molecule has 0 aromatic heterocycles. The van der Waals surface area contributed by atoms with Crippen LogP contribution in [-0.4, -0.2) is 43.2 Å². The summed E-state index contributed by atoms with van der Waals surface area (Å²) in [7, 11) is 0. The number of amides is 2. The fourth-order valence-corrected chi connectivity index (χ4v) is 4.06. The number of hydrogen-bond donors (Lipinski definition) is 3. The first-order chi connectivity index (χ1) is 15.4. The van der Waals surface area contributed by atoms with Crippen LogP contribution in [0.2, 0.25) is 5.02 Å². The maximum Gasteiger partial charge on any atom is 0.255 e. The van der Waals surface area contributed by atoms with Gasteiger partial charge in [-0.2, -0.15) is 0 Å². The minimum Gasteiger partial charge on any atom is -0.404 e. The average molecular weight is 454 g/mol. The summed E-state index contributed by atoms with van der Waals surface area (Å²) in [6.45, 7) is 5.71. The van der Waals surface area contributed by atoms with Crippen molar-refractivity contribution in [3.63, 3.8) is 0 Å². The zero-order chi connectivity index (χ0) is 23.1. The van der Waals surface area contributed by atoms with Gasteiger partial charge < -0.3 is 21.3 Å². The number of rotatable bonds is 8. The zero-order valence-electron chi connectivity index (χ0n) is 17.9. The van der Waals surface area contributed by atoms with Crippen molar-refractivity contribution in [3.05, 3.63) is 53.3 Å². The van der Waals surface area contributed by atoms with Crippen LogP contribution in [0.3, 0.4) is 0 Å². The predicted molar refractivity (Wildman–Crippen MR) is 128 cm³/mol. The van der Waals surface area contributed by atoms with Crippen LogP contribution in [0.4, 0.5) is 5.69 Å². The standard InChI is InChI=1S/C24H28ClN5O2/c1-3-19-20(25)6-5-7-21(19)30-12-8-17(9-13-30)15-28-23(32)24(10-11-24)29-22(31)18(14-26)16-27-4-2/h1,4-7,14,16-17H,2,8-13,15,26H2,(H,28,32)(H,29,31)/b18-14+,27-16?. The SMILES string of the molecule is C#Cc1c(Cl)cccc1N1CCC(CNC(=O)C2(NC(=O)/C(C=NC=C)=C/N)CC2)CC1. The molecular formula is C24H28ClN5O2. The molecule has 0 atom stereocenters. The third kappa shape index (κ3) is 5.32. The quantitative estimate of drug-likeness (QED) is 0.319. The van der Waals surface area contributed by atoms with Gasteiger partial charge in [0.15, 0.2) is 0 Å². The van der Waals surface area contributed by atoms with Gasteiger partial charge in [-0.25, -0.2) is 0 Å². The van der Waals surface area contributed by atoms with Crippen molar-refractivity contribution >= 4 is 35.3 Å². The number of piperidine rings is 1. The molecular weight excluding hydrogens is 426 g/mol. The van der Waals surface area contributed by atoms with Crippen molar-refractivity contribution in [3.8, 4) is 12.3 Å². The second-order valence-corrected chi connectivity index (χ2v) is 8.44. The summed E-state index contributed by atoms with van der Waals surface area (Å²) >= 11 is 6.23. The lowest BCUT2D eigenvalue weighted by Crippen LogP contribution is -2.51. The summed E-state index contributed by atoms with van der Waals surface area (Å²) in [4.78, 5) is 31.2. The second-order valence-electron chi connectivity index (χ2n) is 8.04. The molecule has 1 aliphatic carbocycles. The number of nitrogens with one attached hydrogen (secondary N) is 2. The maximum atomic E-state index is 12.8. The summed E-state index contributed by atoms with van der Waals surface area (Å²) < 4.78 is 0. The highest BCUT2D eigenvalue weighted by molar-refractivity contribution is 6.32. The van der Waals surface area contributed by atoms with Gasteiger partial charge in [-0.1, -0.05) is 30.2 Å². The molecule has 0 spiro atoms. The molecule has 168 valence electrons. The Morgan fingerprint density at radius 2 is 2.09 bits per heavy atom. The summed E-state index contributed by atoms with van der Waals surface area (Å²) in [5, 5.41) is 6.40. The second kappa shape index (κ2) is 10.4. The Kier molecular flexibility index (Phi) is 7.60. The van der Waals surface area contributed by atoms with Gasteiger partial charge in [0.25, 0.3) is 5.91 Å². The van der Waals surface area contributed by atoms with E-state index in [-0.39, 0.29) is 11.5 Å². The van der Waals surface area contributed by atoms with Gasteiger partial charge in [0, 0.05) is 38.2 Å². The molecule has 2 aliphatic rings. The van der Waals surface area contributed by atoms with Crippen molar-refractivity contribution in [2.45, 2.75) is 31.2 Å². The minimum absolute atomic E-state index is 0.158. The fraction of sp³-hybridized carbons (Fsp3) is 0.375. The number of carbonyl (C=O) groups excluding carboxylic acids is 2. The lowest BCUT2D eigenvalue weighted by atomic mass is 9.95. The molecule has 1 saturated heterocycles. The molecule has 0 unspecified atom stereocenters. The molecule has 3 rings (SSSR count). The van der Waals surface area contributed by atoms with E-state index >= 15 is 0 Å². The predicted octanol–water partition coefficient (Wildman–Crippen LogP) is 2.36. The van der Waals surface area contributed by atoms with E-state index in [1.165, 1.54) is 12.4 Å². The average Bonchev–Trinajstić information content (AvgIpc) is 3.58. The van der Waals surface area contributed by atoms with E-state index in [0.29, 0.717) is 30.3 Å². The van der Waals surface area contributed by atoms with E-state index in [2.05, 4.69) is 33.0 Å². The van der Waals surface area contributed by atoms with Crippen LogP contribution >= 0.6 is 11.6 Å². The third-order valence-corrected chi connectivity index (χ3v) is 6.26. The van der Waals surface area contributed by atoms with Gasteiger partial charge in [0.1, 0.15) is 5.54 Å². The summed E-state index contributed by atoms with van der Waals surface area (Å²) in [6, 6.07) is 5.70. The first-order valence-electron chi connectivity index (χ1n) is 10.6. The fourth-order valence-electron chi connectivity index (χ4n) is 3.84. The van der Waals surface area contributed by atoms with Crippen molar-refractivity contribution in [2.24, 2.45) is 16.6 Å². The molecule has 4 N–H and O–H groups in total. The van der Waals surface area contributed by atoms with E-state index in [1.54, 1.807) is 6.07 Å². The minimum atomic E-state index is -0.865. The number of benzene rings is 1. The number of halogens is 1. The molecule has 2 fully saturated rings. The molecule has 1 saturated carbocycles. The van der Waals surface area contributed by atoms with E-state index in [9.17, 15) is 9.59 Å².